The first kappa shape index (κ1) is 11.3. The molecular formula is C14H17OS+. The molecule has 2 rings (SSSR count). The third-order valence-electron chi connectivity index (χ3n) is 2.89. The van der Waals surface area contributed by atoms with Gasteiger partial charge in [0.1, 0.15) is 18.3 Å². The highest BCUT2D eigenvalue weighted by Gasteiger charge is 2.16. The molecule has 0 amide bonds. The predicted octanol–water partition coefficient (Wildman–Crippen LogP) is 3.34. The normalized spacial score (nSPS) is 11.2. The summed E-state index contributed by atoms with van der Waals surface area (Å²) in [6.07, 6.45) is 5.38. The highest BCUT2D eigenvalue weighted by molar-refractivity contribution is 7.95. The summed E-state index contributed by atoms with van der Waals surface area (Å²) >= 11 is 0. The van der Waals surface area contributed by atoms with E-state index in [-0.39, 0.29) is 10.9 Å². The molecule has 0 heterocycles. The Hall–Kier alpha value is -1.15. The van der Waals surface area contributed by atoms with Crippen molar-refractivity contribution in [2.24, 2.45) is 0 Å². The van der Waals surface area contributed by atoms with Gasteiger partial charge in [-0.1, -0.05) is 19.1 Å². The molecule has 0 aliphatic carbocycles. The minimum Gasteiger partial charge on any atom is -0.507 e. The van der Waals surface area contributed by atoms with E-state index in [0.29, 0.717) is 5.75 Å². The second-order valence-corrected chi connectivity index (χ2v) is 6.17. The van der Waals surface area contributed by atoms with E-state index in [0.717, 1.165) is 11.8 Å². The number of hydrogen-bond donors (Lipinski definition) is 1. The summed E-state index contributed by atoms with van der Waals surface area (Å²) in [6, 6.07) is 10.1. The van der Waals surface area contributed by atoms with Crippen LogP contribution in [0, 0.1) is 0 Å². The maximum atomic E-state index is 9.99. The molecule has 16 heavy (non-hydrogen) atoms. The van der Waals surface area contributed by atoms with Crippen molar-refractivity contribution < 1.29 is 5.11 Å². The van der Waals surface area contributed by atoms with E-state index in [2.05, 4.69) is 37.6 Å². The number of hydrogen-bond acceptors (Lipinski definition) is 1. The lowest BCUT2D eigenvalue weighted by Crippen LogP contribution is -1.97. The number of phenolic OH excluding ortho intramolecular Hbond substituents is 1. The van der Waals surface area contributed by atoms with Crippen molar-refractivity contribution in [2.75, 3.05) is 12.5 Å². The van der Waals surface area contributed by atoms with Crippen molar-refractivity contribution in [3.63, 3.8) is 0 Å². The SMILES string of the molecule is CCc1cccc2c([S+](C)C)ccc(O)c12. The van der Waals surface area contributed by atoms with Crippen molar-refractivity contribution >= 4 is 21.7 Å². The van der Waals surface area contributed by atoms with E-state index >= 15 is 0 Å². The molecule has 0 saturated carbocycles. The van der Waals surface area contributed by atoms with Crippen LogP contribution in [0.15, 0.2) is 35.2 Å². The van der Waals surface area contributed by atoms with Crippen molar-refractivity contribution in [1.29, 1.82) is 0 Å². The third-order valence-corrected chi connectivity index (χ3v) is 4.12. The maximum absolute atomic E-state index is 9.99. The van der Waals surface area contributed by atoms with Gasteiger partial charge in [0.15, 0.2) is 4.90 Å². The van der Waals surface area contributed by atoms with Crippen molar-refractivity contribution in [2.45, 2.75) is 18.2 Å². The molecule has 2 aromatic carbocycles. The summed E-state index contributed by atoms with van der Waals surface area (Å²) in [6.45, 7) is 2.12. The molecule has 0 aliphatic rings. The largest absolute Gasteiger partial charge is 0.507 e. The molecule has 0 aromatic heterocycles. The van der Waals surface area contributed by atoms with Gasteiger partial charge in [0, 0.05) is 21.7 Å². The number of rotatable bonds is 2. The minimum atomic E-state index is 0.217. The lowest BCUT2D eigenvalue weighted by atomic mass is 10.0. The van der Waals surface area contributed by atoms with Gasteiger partial charge in [-0.25, -0.2) is 0 Å². The Bertz CT molecular complexity index is 517. The average molecular weight is 233 g/mol. The van der Waals surface area contributed by atoms with Crippen LogP contribution in [0.4, 0.5) is 0 Å². The van der Waals surface area contributed by atoms with Crippen LogP contribution in [0.25, 0.3) is 10.8 Å². The molecule has 0 fully saturated rings. The molecule has 84 valence electrons. The number of benzene rings is 2. The highest BCUT2D eigenvalue weighted by atomic mass is 32.2. The van der Waals surface area contributed by atoms with E-state index in [1.54, 1.807) is 0 Å². The predicted molar refractivity (Wildman–Crippen MR) is 72.5 cm³/mol. The van der Waals surface area contributed by atoms with Crippen LogP contribution < -0.4 is 0 Å². The Morgan fingerprint density at radius 3 is 2.50 bits per heavy atom. The summed E-state index contributed by atoms with van der Waals surface area (Å²) in [5.74, 6) is 0.404. The molecule has 2 aromatic rings. The summed E-state index contributed by atoms with van der Waals surface area (Å²) in [5, 5.41) is 12.2. The van der Waals surface area contributed by atoms with E-state index in [9.17, 15) is 5.11 Å². The zero-order valence-electron chi connectivity index (χ0n) is 9.95. The molecule has 0 saturated heterocycles. The standard InChI is InChI=1S/C14H16OS/c1-4-10-6-5-7-11-13(16(2)3)9-8-12(15)14(10)11/h5-9H,4H2,1-3H3/p+1. The minimum absolute atomic E-state index is 0.217. The summed E-state index contributed by atoms with van der Waals surface area (Å²) in [5.41, 5.74) is 1.22. The summed E-state index contributed by atoms with van der Waals surface area (Å²) in [7, 11) is 0.217. The van der Waals surface area contributed by atoms with Gasteiger partial charge in [0.05, 0.1) is 0 Å². The van der Waals surface area contributed by atoms with Gasteiger partial charge in [-0.3, -0.25) is 0 Å². The van der Waals surface area contributed by atoms with Gasteiger partial charge in [-0.15, -0.1) is 0 Å². The van der Waals surface area contributed by atoms with Crippen LogP contribution in [0.3, 0.4) is 0 Å². The van der Waals surface area contributed by atoms with Gasteiger partial charge in [0.2, 0.25) is 0 Å². The van der Waals surface area contributed by atoms with E-state index in [4.69, 9.17) is 0 Å². The van der Waals surface area contributed by atoms with Gasteiger partial charge in [0.25, 0.3) is 0 Å². The van der Waals surface area contributed by atoms with E-state index < -0.39 is 0 Å². The Kier molecular flexibility index (Phi) is 3.10. The molecule has 1 nitrogen and oxygen atoms in total. The molecule has 0 atom stereocenters. The van der Waals surface area contributed by atoms with Crippen LogP contribution >= 0.6 is 0 Å². The number of fused-ring (bicyclic) bond motifs is 1. The fraction of sp³-hybridized carbons (Fsp3) is 0.286. The molecular weight excluding hydrogens is 216 g/mol. The second-order valence-electron chi connectivity index (χ2n) is 4.09. The van der Waals surface area contributed by atoms with Gasteiger partial charge in [-0.2, -0.15) is 0 Å². The maximum Gasteiger partial charge on any atom is 0.162 e. The van der Waals surface area contributed by atoms with E-state index in [1.807, 2.05) is 12.1 Å². The molecule has 0 radical (unpaired) electrons. The van der Waals surface area contributed by atoms with Crippen LogP contribution in [-0.4, -0.2) is 17.6 Å². The monoisotopic (exact) mass is 233 g/mol. The van der Waals surface area contributed by atoms with Gasteiger partial charge in [-0.05, 0) is 30.2 Å². The second kappa shape index (κ2) is 4.38. The molecule has 0 aliphatic heterocycles. The average Bonchev–Trinajstić information content (AvgIpc) is 2.28. The summed E-state index contributed by atoms with van der Waals surface area (Å²) < 4.78 is 0. The first-order valence-corrected chi connectivity index (χ1v) is 7.50. The quantitative estimate of drug-likeness (QED) is 0.789. The zero-order chi connectivity index (χ0) is 11.7. The van der Waals surface area contributed by atoms with Crippen LogP contribution in [-0.2, 0) is 17.3 Å². The molecule has 1 N–H and O–H groups in total. The first-order chi connectivity index (χ1) is 7.65. The van der Waals surface area contributed by atoms with Crippen LogP contribution in [0.5, 0.6) is 5.75 Å². The first-order valence-electron chi connectivity index (χ1n) is 5.46. The Balaban J connectivity index is 2.85. The van der Waals surface area contributed by atoms with Gasteiger partial charge >= 0.3 is 0 Å². The van der Waals surface area contributed by atoms with Crippen molar-refractivity contribution in [1.82, 2.24) is 0 Å². The molecule has 0 bridgehead atoms. The Labute approximate surface area is 99.5 Å². The molecule has 0 unspecified atom stereocenters. The molecule has 2 heteroatoms. The lowest BCUT2D eigenvalue weighted by Gasteiger charge is -2.08. The van der Waals surface area contributed by atoms with Crippen LogP contribution in [0.1, 0.15) is 12.5 Å². The Morgan fingerprint density at radius 2 is 1.88 bits per heavy atom. The Morgan fingerprint density at radius 1 is 1.12 bits per heavy atom. The van der Waals surface area contributed by atoms with Crippen LogP contribution in [0.2, 0.25) is 0 Å². The number of aromatic hydroxyl groups is 1. The number of phenols is 1. The molecule has 0 spiro atoms. The van der Waals surface area contributed by atoms with E-state index in [1.165, 1.54) is 15.8 Å². The van der Waals surface area contributed by atoms with Crippen molar-refractivity contribution in [3.05, 3.63) is 35.9 Å². The third kappa shape index (κ3) is 1.78. The zero-order valence-corrected chi connectivity index (χ0v) is 10.8. The topological polar surface area (TPSA) is 20.2 Å². The highest BCUT2D eigenvalue weighted by Crippen LogP contribution is 2.33. The van der Waals surface area contributed by atoms with Gasteiger partial charge < -0.3 is 5.11 Å². The lowest BCUT2D eigenvalue weighted by molar-refractivity contribution is 0.481. The smallest absolute Gasteiger partial charge is 0.162 e. The fourth-order valence-electron chi connectivity index (χ4n) is 2.09. The van der Waals surface area contributed by atoms with Crippen molar-refractivity contribution in [3.8, 4) is 5.75 Å². The number of aryl methyl sites for hydroxylation is 1. The summed E-state index contributed by atoms with van der Waals surface area (Å²) in [4.78, 5) is 1.34. The fourth-order valence-corrected chi connectivity index (χ4v) is 3.04.